The molecule has 1 amide bonds. The highest BCUT2D eigenvalue weighted by molar-refractivity contribution is 6.46. The largest absolute Gasteiger partial charge is 0.508 e. The molecular formula is C23H26N2O6. The predicted octanol–water partition coefficient (Wildman–Crippen LogP) is 2.39. The standard InChI is InChI=1S/C23H26N2O6/c1-24(2)10-11-25-20(14-6-5-7-16(26)12-14)19(22(28)23(25)29)21(27)15-8-9-17(30-3)18(13-15)31-4/h5-9,12-13,20,26-27H,10-11H2,1-4H3/b21-19-. The average Bonchev–Trinajstić information content (AvgIpc) is 3.01. The highest BCUT2D eigenvalue weighted by Gasteiger charge is 2.46. The van der Waals surface area contributed by atoms with E-state index in [1.54, 1.807) is 30.3 Å². The van der Waals surface area contributed by atoms with Crippen molar-refractivity contribution in [2.24, 2.45) is 0 Å². The number of methoxy groups -OCH3 is 2. The number of rotatable bonds is 7. The van der Waals surface area contributed by atoms with Crippen molar-refractivity contribution in [2.45, 2.75) is 6.04 Å². The molecule has 8 nitrogen and oxygen atoms in total. The van der Waals surface area contributed by atoms with Gasteiger partial charge in [0.15, 0.2) is 11.5 Å². The Morgan fingerprint density at radius 2 is 1.77 bits per heavy atom. The Bertz CT molecular complexity index is 1030. The maximum Gasteiger partial charge on any atom is 0.295 e. The molecule has 0 aliphatic carbocycles. The zero-order valence-corrected chi connectivity index (χ0v) is 18.0. The van der Waals surface area contributed by atoms with E-state index < -0.39 is 17.7 Å². The number of nitrogens with zero attached hydrogens (tertiary/aromatic N) is 2. The minimum atomic E-state index is -0.833. The summed E-state index contributed by atoms with van der Waals surface area (Å²) < 4.78 is 10.5. The molecule has 0 radical (unpaired) electrons. The van der Waals surface area contributed by atoms with Crippen molar-refractivity contribution < 1.29 is 29.3 Å². The molecular weight excluding hydrogens is 400 g/mol. The van der Waals surface area contributed by atoms with E-state index in [9.17, 15) is 19.8 Å². The lowest BCUT2D eigenvalue weighted by Gasteiger charge is -2.26. The lowest BCUT2D eigenvalue weighted by atomic mass is 9.95. The van der Waals surface area contributed by atoms with Crippen molar-refractivity contribution in [3.05, 3.63) is 59.2 Å². The van der Waals surface area contributed by atoms with Crippen molar-refractivity contribution in [3.8, 4) is 17.2 Å². The Hall–Kier alpha value is -3.52. The lowest BCUT2D eigenvalue weighted by Crippen LogP contribution is -2.35. The van der Waals surface area contributed by atoms with Crippen molar-refractivity contribution in [3.63, 3.8) is 0 Å². The minimum absolute atomic E-state index is 0.00168. The smallest absolute Gasteiger partial charge is 0.295 e. The molecule has 1 aliphatic heterocycles. The van der Waals surface area contributed by atoms with Crippen LogP contribution in [-0.2, 0) is 9.59 Å². The van der Waals surface area contributed by atoms with Crippen LogP contribution in [0.2, 0.25) is 0 Å². The first-order valence-corrected chi connectivity index (χ1v) is 9.73. The fourth-order valence-electron chi connectivity index (χ4n) is 3.60. The maximum atomic E-state index is 13.0. The SMILES string of the molecule is COc1ccc(/C(O)=C2/C(=O)C(=O)N(CCN(C)C)C2c2cccc(O)c2)cc1OC. The molecule has 3 rings (SSSR count). The van der Waals surface area contributed by atoms with Gasteiger partial charge in [-0.2, -0.15) is 0 Å². The molecule has 2 aromatic carbocycles. The number of hydrogen-bond acceptors (Lipinski definition) is 7. The zero-order valence-electron chi connectivity index (χ0n) is 18.0. The van der Waals surface area contributed by atoms with Gasteiger partial charge in [0, 0.05) is 18.7 Å². The summed E-state index contributed by atoms with van der Waals surface area (Å²) >= 11 is 0. The third kappa shape index (κ3) is 4.34. The Labute approximate surface area is 180 Å². The van der Waals surface area contributed by atoms with E-state index in [1.165, 1.54) is 31.3 Å². The van der Waals surface area contributed by atoms with Crippen molar-refractivity contribution in [1.29, 1.82) is 0 Å². The minimum Gasteiger partial charge on any atom is -0.508 e. The Morgan fingerprint density at radius 3 is 2.39 bits per heavy atom. The molecule has 31 heavy (non-hydrogen) atoms. The molecule has 2 aromatic rings. The monoisotopic (exact) mass is 426 g/mol. The van der Waals surface area contributed by atoms with Gasteiger partial charge in [-0.3, -0.25) is 9.59 Å². The Morgan fingerprint density at radius 1 is 1.06 bits per heavy atom. The van der Waals surface area contributed by atoms with Crippen LogP contribution in [-0.4, -0.2) is 73.1 Å². The number of ether oxygens (including phenoxy) is 2. The van der Waals surface area contributed by atoms with Crippen LogP contribution in [0, 0.1) is 0 Å². The molecule has 1 saturated heterocycles. The Balaban J connectivity index is 2.17. The zero-order chi connectivity index (χ0) is 22.7. The number of hydrogen-bond donors (Lipinski definition) is 2. The van der Waals surface area contributed by atoms with Crippen molar-refractivity contribution in [1.82, 2.24) is 9.80 Å². The van der Waals surface area contributed by atoms with Gasteiger partial charge in [0.2, 0.25) is 0 Å². The summed E-state index contributed by atoms with van der Waals surface area (Å²) in [5.41, 5.74) is 0.801. The number of carbonyl (C=O) groups excluding carboxylic acids is 2. The number of amides is 1. The third-order valence-electron chi connectivity index (χ3n) is 5.17. The average molecular weight is 426 g/mol. The van der Waals surface area contributed by atoms with Crippen molar-refractivity contribution >= 4 is 17.4 Å². The molecule has 1 heterocycles. The number of ketones is 1. The van der Waals surface area contributed by atoms with Crippen LogP contribution < -0.4 is 9.47 Å². The van der Waals surface area contributed by atoms with Gasteiger partial charge in [0.25, 0.3) is 11.7 Å². The van der Waals surface area contributed by atoms with Gasteiger partial charge in [-0.05, 0) is 50.0 Å². The second-order valence-corrected chi connectivity index (χ2v) is 7.46. The first-order valence-electron chi connectivity index (χ1n) is 9.73. The van der Waals surface area contributed by atoms with E-state index in [0.717, 1.165) is 0 Å². The molecule has 0 spiro atoms. The molecule has 1 unspecified atom stereocenters. The summed E-state index contributed by atoms with van der Waals surface area (Å²) in [6.07, 6.45) is 0. The third-order valence-corrected chi connectivity index (χ3v) is 5.17. The van der Waals surface area contributed by atoms with E-state index in [-0.39, 0.29) is 23.6 Å². The van der Waals surface area contributed by atoms with E-state index in [2.05, 4.69) is 0 Å². The van der Waals surface area contributed by atoms with E-state index in [1.807, 2.05) is 19.0 Å². The number of benzene rings is 2. The molecule has 2 N–H and O–H groups in total. The molecule has 1 aliphatic rings. The summed E-state index contributed by atoms with van der Waals surface area (Å²) in [4.78, 5) is 29.2. The maximum absolute atomic E-state index is 13.0. The first kappa shape index (κ1) is 22.2. The first-order chi connectivity index (χ1) is 14.8. The number of aliphatic hydroxyl groups is 1. The summed E-state index contributed by atoms with van der Waals surface area (Å²) in [5, 5.41) is 21.1. The van der Waals surface area contributed by atoms with Crippen LogP contribution in [0.4, 0.5) is 0 Å². The van der Waals surface area contributed by atoms with Gasteiger partial charge >= 0.3 is 0 Å². The van der Waals surface area contributed by atoms with E-state index >= 15 is 0 Å². The molecule has 0 saturated carbocycles. The van der Waals surface area contributed by atoms with Crippen LogP contribution in [0.5, 0.6) is 17.2 Å². The number of Topliss-reactive ketones (excluding diaryl/α,β-unsaturated/α-hetero) is 1. The highest BCUT2D eigenvalue weighted by Crippen LogP contribution is 2.41. The van der Waals surface area contributed by atoms with Crippen LogP contribution >= 0.6 is 0 Å². The van der Waals surface area contributed by atoms with E-state index in [0.29, 0.717) is 29.2 Å². The second kappa shape index (κ2) is 9.09. The number of likely N-dealkylation sites (tertiary alicyclic amines) is 1. The fraction of sp³-hybridized carbons (Fsp3) is 0.304. The van der Waals surface area contributed by atoms with Gasteiger partial charge in [-0.1, -0.05) is 12.1 Å². The summed E-state index contributed by atoms with van der Waals surface area (Å²) in [5.74, 6) is -0.948. The summed E-state index contributed by atoms with van der Waals surface area (Å²) in [7, 11) is 6.69. The topological polar surface area (TPSA) is 99.5 Å². The molecule has 0 bridgehead atoms. The van der Waals surface area contributed by atoms with Gasteiger partial charge in [0.05, 0.1) is 25.8 Å². The quantitative estimate of drug-likeness (QED) is 0.398. The van der Waals surface area contributed by atoms with E-state index in [4.69, 9.17) is 9.47 Å². The second-order valence-electron chi connectivity index (χ2n) is 7.46. The summed E-state index contributed by atoms with van der Waals surface area (Å²) in [6.45, 7) is 0.805. The molecule has 1 fully saturated rings. The van der Waals surface area contributed by atoms with Gasteiger partial charge in [0.1, 0.15) is 11.5 Å². The summed E-state index contributed by atoms with van der Waals surface area (Å²) in [6, 6.07) is 10.2. The van der Waals surface area contributed by atoms with Crippen LogP contribution in [0.1, 0.15) is 17.2 Å². The molecule has 8 heteroatoms. The number of phenolic OH excluding ortho intramolecular Hbond substituents is 1. The van der Waals surface area contributed by atoms with Gasteiger partial charge in [-0.25, -0.2) is 0 Å². The number of aliphatic hydroxyl groups excluding tert-OH is 1. The lowest BCUT2D eigenvalue weighted by molar-refractivity contribution is -0.140. The van der Waals surface area contributed by atoms with Crippen LogP contribution in [0.3, 0.4) is 0 Å². The molecule has 1 atom stereocenters. The number of likely N-dealkylation sites (N-methyl/N-ethyl adjacent to an activating group) is 1. The van der Waals surface area contributed by atoms with Crippen LogP contribution in [0.15, 0.2) is 48.0 Å². The van der Waals surface area contributed by atoms with Gasteiger partial charge in [-0.15, -0.1) is 0 Å². The number of carbonyl (C=O) groups is 2. The highest BCUT2D eigenvalue weighted by atomic mass is 16.5. The number of aromatic hydroxyl groups is 1. The fourth-order valence-corrected chi connectivity index (χ4v) is 3.60. The van der Waals surface area contributed by atoms with Gasteiger partial charge < -0.3 is 29.5 Å². The van der Waals surface area contributed by atoms with Crippen LogP contribution in [0.25, 0.3) is 5.76 Å². The predicted molar refractivity (Wildman–Crippen MR) is 115 cm³/mol. The van der Waals surface area contributed by atoms with Crippen molar-refractivity contribution in [2.75, 3.05) is 41.4 Å². The molecule has 164 valence electrons. The Kier molecular flexibility index (Phi) is 6.50. The number of phenols is 1. The molecule has 0 aromatic heterocycles. The normalized spacial score (nSPS) is 18.0.